The Balaban J connectivity index is 2.03. The molecular weight excluding hydrogens is 232 g/mol. The number of urea groups is 1. The van der Waals surface area contributed by atoms with E-state index in [1.165, 1.54) is 11.8 Å². The summed E-state index contributed by atoms with van der Waals surface area (Å²) < 4.78 is 0. The molecule has 4 N–H and O–H groups in total. The normalized spacial score (nSPS) is 16.6. The fourth-order valence-electron chi connectivity index (χ4n) is 0.952. The Morgan fingerprint density at radius 2 is 2.12 bits per heavy atom. The Hall–Kier alpha value is -0.790. The quantitative estimate of drug-likeness (QED) is 0.486. The number of carbonyl (C=O) groups excluding carboxylic acids is 2. The third-order valence-corrected chi connectivity index (χ3v) is 3.01. The van der Waals surface area contributed by atoms with Gasteiger partial charge in [-0.05, 0) is 12.8 Å². The van der Waals surface area contributed by atoms with Crippen molar-refractivity contribution in [1.82, 2.24) is 10.6 Å². The smallest absolute Gasteiger partial charge is 0.321 e. The van der Waals surface area contributed by atoms with E-state index in [0.29, 0.717) is 0 Å². The average Bonchev–Trinajstić information content (AvgIpc) is 3.01. The second kappa shape index (κ2) is 6.72. The van der Waals surface area contributed by atoms with Crippen LogP contribution in [0, 0.1) is 0 Å². The van der Waals surface area contributed by atoms with Gasteiger partial charge in [0.1, 0.15) is 0 Å². The highest BCUT2D eigenvalue weighted by Gasteiger charge is 2.23. The number of thioether (sulfide) groups is 1. The van der Waals surface area contributed by atoms with Crippen molar-refractivity contribution in [3.63, 3.8) is 0 Å². The van der Waals surface area contributed by atoms with Crippen molar-refractivity contribution in [2.75, 3.05) is 18.1 Å². The molecule has 7 heteroatoms. The van der Waals surface area contributed by atoms with E-state index in [2.05, 4.69) is 10.6 Å². The number of aliphatic hydroxyl groups is 2. The number of amides is 3. The largest absolute Gasteiger partial charge is 0.394 e. The number of hydrogen-bond acceptors (Lipinski definition) is 5. The van der Waals surface area contributed by atoms with Crippen molar-refractivity contribution in [2.45, 2.75) is 25.0 Å². The van der Waals surface area contributed by atoms with Gasteiger partial charge in [0.15, 0.2) is 0 Å². The first-order valence-corrected chi connectivity index (χ1v) is 6.24. The van der Waals surface area contributed by atoms with E-state index in [1.807, 2.05) is 0 Å². The summed E-state index contributed by atoms with van der Waals surface area (Å²) in [6.45, 7) is -0.323. The molecule has 0 aromatic carbocycles. The highest BCUT2D eigenvalue weighted by Crippen LogP contribution is 2.18. The van der Waals surface area contributed by atoms with Gasteiger partial charge in [0.2, 0.25) is 5.91 Å². The molecule has 1 aliphatic carbocycles. The van der Waals surface area contributed by atoms with Gasteiger partial charge in [-0.25, -0.2) is 4.79 Å². The summed E-state index contributed by atoms with van der Waals surface area (Å²) in [6.07, 6.45) is 1.12. The van der Waals surface area contributed by atoms with E-state index in [9.17, 15) is 9.59 Å². The lowest BCUT2D eigenvalue weighted by Gasteiger charge is -2.07. The molecule has 0 bridgehead atoms. The molecule has 1 atom stereocenters. The van der Waals surface area contributed by atoms with Crippen LogP contribution in [0.15, 0.2) is 0 Å². The van der Waals surface area contributed by atoms with E-state index >= 15 is 0 Å². The number of rotatable bonds is 6. The van der Waals surface area contributed by atoms with Gasteiger partial charge in [0.25, 0.3) is 0 Å². The Labute approximate surface area is 97.8 Å². The number of aliphatic hydroxyl groups excluding tert-OH is 2. The second-order valence-corrected chi connectivity index (χ2v) is 4.68. The van der Waals surface area contributed by atoms with E-state index in [4.69, 9.17) is 10.2 Å². The van der Waals surface area contributed by atoms with Crippen molar-refractivity contribution in [2.24, 2.45) is 0 Å². The molecule has 6 nitrogen and oxygen atoms in total. The Morgan fingerprint density at radius 3 is 2.69 bits per heavy atom. The van der Waals surface area contributed by atoms with E-state index in [-0.39, 0.29) is 24.2 Å². The van der Waals surface area contributed by atoms with Crippen molar-refractivity contribution >= 4 is 23.7 Å². The summed E-state index contributed by atoms with van der Waals surface area (Å²) in [5, 5.41) is 22.3. The summed E-state index contributed by atoms with van der Waals surface area (Å²) in [6, 6.07) is -0.243. The molecule has 1 unspecified atom stereocenters. The fourth-order valence-corrected chi connectivity index (χ4v) is 1.71. The van der Waals surface area contributed by atoms with Gasteiger partial charge in [-0.1, -0.05) is 0 Å². The molecule has 1 fully saturated rings. The lowest BCUT2D eigenvalue weighted by Crippen LogP contribution is -2.41. The first kappa shape index (κ1) is 13.3. The van der Waals surface area contributed by atoms with Crippen molar-refractivity contribution in [3.8, 4) is 0 Å². The first-order chi connectivity index (χ1) is 7.61. The van der Waals surface area contributed by atoms with E-state index in [0.717, 1.165) is 12.8 Å². The second-order valence-electron chi connectivity index (χ2n) is 3.65. The Kier molecular flexibility index (Phi) is 5.58. The molecule has 3 amide bonds. The van der Waals surface area contributed by atoms with Crippen LogP contribution < -0.4 is 10.6 Å². The van der Waals surface area contributed by atoms with Gasteiger partial charge in [-0.2, -0.15) is 0 Å². The molecule has 0 heterocycles. The van der Waals surface area contributed by atoms with Gasteiger partial charge in [0.05, 0.1) is 18.5 Å². The zero-order valence-corrected chi connectivity index (χ0v) is 9.63. The van der Waals surface area contributed by atoms with Crippen molar-refractivity contribution in [3.05, 3.63) is 0 Å². The summed E-state index contributed by atoms with van der Waals surface area (Å²) in [4.78, 5) is 22.3. The van der Waals surface area contributed by atoms with Crippen molar-refractivity contribution < 1.29 is 19.8 Å². The average molecular weight is 248 g/mol. The van der Waals surface area contributed by atoms with Gasteiger partial charge in [0, 0.05) is 11.8 Å². The molecule has 0 spiro atoms. The topological polar surface area (TPSA) is 98.7 Å². The zero-order valence-electron chi connectivity index (χ0n) is 8.81. The van der Waals surface area contributed by atoms with Crippen LogP contribution in [0.25, 0.3) is 0 Å². The number of carbonyl (C=O) groups is 2. The molecule has 16 heavy (non-hydrogen) atoms. The minimum atomic E-state index is -0.821. The summed E-state index contributed by atoms with van der Waals surface area (Å²) in [5.74, 6) is -0.0307. The predicted molar refractivity (Wildman–Crippen MR) is 60.1 cm³/mol. The Bertz CT molecular complexity index is 258. The maximum absolute atomic E-state index is 11.2. The van der Waals surface area contributed by atoms with E-state index < -0.39 is 18.0 Å². The summed E-state index contributed by atoms with van der Waals surface area (Å²) in [5.41, 5.74) is 0. The molecule has 0 aliphatic heterocycles. The maximum atomic E-state index is 11.2. The third-order valence-electron chi connectivity index (χ3n) is 1.92. The lowest BCUT2D eigenvalue weighted by molar-refractivity contribution is -0.117. The standard InChI is InChI=1S/C9H16N2O4S/c12-3-7(13)4-16-5-8(14)11-9(15)10-6-1-2-6/h6-7,12-13H,1-5H2,(H2,10,11,14,15). The number of nitrogens with one attached hydrogen (secondary N) is 2. The minimum absolute atomic E-state index is 0.0924. The van der Waals surface area contributed by atoms with Crippen LogP contribution in [-0.2, 0) is 4.79 Å². The molecule has 1 saturated carbocycles. The van der Waals surface area contributed by atoms with Crippen molar-refractivity contribution in [1.29, 1.82) is 0 Å². The fraction of sp³-hybridized carbons (Fsp3) is 0.778. The number of hydrogen-bond donors (Lipinski definition) is 4. The SMILES string of the molecule is O=C(CSCC(O)CO)NC(=O)NC1CC1. The monoisotopic (exact) mass is 248 g/mol. The summed E-state index contributed by atoms with van der Waals surface area (Å²) >= 11 is 1.17. The highest BCUT2D eigenvalue weighted by molar-refractivity contribution is 7.99. The minimum Gasteiger partial charge on any atom is -0.394 e. The van der Waals surface area contributed by atoms with Gasteiger partial charge < -0.3 is 15.5 Å². The highest BCUT2D eigenvalue weighted by atomic mass is 32.2. The van der Waals surface area contributed by atoms with Crippen LogP contribution >= 0.6 is 11.8 Å². The first-order valence-electron chi connectivity index (χ1n) is 5.09. The molecule has 0 aromatic rings. The molecule has 1 rings (SSSR count). The van der Waals surface area contributed by atoms with Gasteiger partial charge in [-0.15, -0.1) is 11.8 Å². The van der Waals surface area contributed by atoms with Crippen LogP contribution in [0.1, 0.15) is 12.8 Å². The number of imide groups is 1. The van der Waals surface area contributed by atoms with Crippen LogP contribution in [0.3, 0.4) is 0 Å². The maximum Gasteiger partial charge on any atom is 0.321 e. The van der Waals surface area contributed by atoms with Crippen LogP contribution in [0.5, 0.6) is 0 Å². The summed E-state index contributed by atoms with van der Waals surface area (Å²) in [7, 11) is 0. The van der Waals surface area contributed by atoms with Crippen LogP contribution in [0.4, 0.5) is 4.79 Å². The molecule has 92 valence electrons. The Morgan fingerprint density at radius 1 is 1.44 bits per heavy atom. The predicted octanol–water partition coefficient (Wildman–Crippen LogP) is -0.939. The van der Waals surface area contributed by atoms with E-state index in [1.54, 1.807) is 0 Å². The van der Waals surface area contributed by atoms with Gasteiger partial charge in [-0.3, -0.25) is 10.1 Å². The van der Waals surface area contributed by atoms with Crippen LogP contribution in [-0.4, -0.2) is 52.4 Å². The van der Waals surface area contributed by atoms with Gasteiger partial charge >= 0.3 is 6.03 Å². The molecule has 0 radical (unpaired) electrons. The third kappa shape index (κ3) is 5.94. The van der Waals surface area contributed by atoms with Crippen LogP contribution in [0.2, 0.25) is 0 Å². The lowest BCUT2D eigenvalue weighted by atomic mass is 10.4. The molecular formula is C9H16N2O4S. The molecule has 1 aliphatic rings. The zero-order chi connectivity index (χ0) is 12.0. The molecule has 0 aromatic heterocycles. The molecule has 0 saturated heterocycles.